The molecule has 0 aliphatic carbocycles. The van der Waals surface area contributed by atoms with Crippen molar-refractivity contribution in [2.45, 2.75) is 26.1 Å². The van der Waals surface area contributed by atoms with Crippen LogP contribution in [0.2, 0.25) is 0 Å². The van der Waals surface area contributed by atoms with Gasteiger partial charge in [-0.15, -0.1) is 5.10 Å². The predicted octanol–water partition coefficient (Wildman–Crippen LogP) is 6.13. The van der Waals surface area contributed by atoms with Crippen LogP contribution in [-0.4, -0.2) is 20.9 Å². The Kier molecular flexibility index (Phi) is 6.54. The smallest absolute Gasteiger partial charge is 0.435 e. The third-order valence-electron chi connectivity index (χ3n) is 5.26. The van der Waals surface area contributed by atoms with Gasteiger partial charge in [0.25, 0.3) is 5.91 Å². The molecule has 0 saturated carbocycles. The van der Waals surface area contributed by atoms with Gasteiger partial charge in [0.15, 0.2) is 11.4 Å². The molecule has 1 aromatic heterocycles. The Morgan fingerprint density at radius 2 is 1.71 bits per heavy atom. The van der Waals surface area contributed by atoms with Gasteiger partial charge in [0, 0.05) is 5.69 Å². The number of rotatable bonds is 6. The van der Waals surface area contributed by atoms with E-state index in [-0.39, 0.29) is 16.5 Å². The quantitative estimate of drug-likeness (QED) is 0.335. The van der Waals surface area contributed by atoms with Gasteiger partial charge in [0.05, 0.1) is 0 Å². The fourth-order valence-corrected chi connectivity index (χ4v) is 3.51. The maximum Gasteiger partial charge on any atom is 0.435 e. The maximum atomic E-state index is 14.1. The van der Waals surface area contributed by atoms with Gasteiger partial charge < -0.3 is 10.1 Å². The first kappa shape index (κ1) is 23.9. The van der Waals surface area contributed by atoms with Gasteiger partial charge in [-0.1, -0.05) is 47.7 Å². The second-order valence-electron chi connectivity index (χ2n) is 7.75. The molecule has 4 rings (SSSR count). The number of ether oxygens (including phenoxy) is 1. The summed E-state index contributed by atoms with van der Waals surface area (Å²) in [5, 5.41) is 9.23. The third-order valence-corrected chi connectivity index (χ3v) is 5.26. The Morgan fingerprint density at radius 3 is 2.37 bits per heavy atom. The van der Waals surface area contributed by atoms with Gasteiger partial charge in [0.1, 0.15) is 23.4 Å². The van der Waals surface area contributed by atoms with Crippen LogP contribution in [-0.2, 0) is 6.18 Å². The Labute approximate surface area is 198 Å². The van der Waals surface area contributed by atoms with Crippen LogP contribution < -0.4 is 10.1 Å². The minimum atomic E-state index is -5.02. The lowest BCUT2D eigenvalue weighted by atomic mass is 10.1. The van der Waals surface area contributed by atoms with Gasteiger partial charge in [-0.25, -0.2) is 9.07 Å². The van der Waals surface area contributed by atoms with Crippen LogP contribution in [0.4, 0.5) is 23.2 Å². The maximum absolute atomic E-state index is 14.1. The van der Waals surface area contributed by atoms with Crippen molar-refractivity contribution >= 4 is 11.6 Å². The van der Waals surface area contributed by atoms with Crippen LogP contribution in [0.1, 0.15) is 40.3 Å². The summed E-state index contributed by atoms with van der Waals surface area (Å²) in [5.74, 6) is -1.54. The van der Waals surface area contributed by atoms with E-state index in [0.717, 1.165) is 17.7 Å². The number of carbonyl (C=O) groups is 1. The highest BCUT2D eigenvalue weighted by Gasteiger charge is 2.42. The molecular weight excluding hydrogens is 464 g/mol. The molecule has 35 heavy (non-hydrogen) atoms. The molecular formula is C25H20F4N4O2. The minimum absolute atomic E-state index is 0.237. The van der Waals surface area contributed by atoms with E-state index in [2.05, 4.69) is 15.6 Å². The number of para-hydroxylation sites is 1. The van der Waals surface area contributed by atoms with Crippen LogP contribution in [0.15, 0.2) is 72.8 Å². The molecule has 1 unspecified atom stereocenters. The highest BCUT2D eigenvalue weighted by molar-refractivity contribution is 6.04. The summed E-state index contributed by atoms with van der Waals surface area (Å²) in [6.45, 7) is 3.56. The zero-order valence-corrected chi connectivity index (χ0v) is 18.7. The number of nitrogens with one attached hydrogen (secondary N) is 1. The van der Waals surface area contributed by atoms with Gasteiger partial charge in [-0.05, 0) is 55.3 Å². The standard InChI is InChI=1S/C25H20F4N4O2/c1-15-14-18(35-16(2)17-8-4-3-5-9-17)12-13-20(15)30-24(34)22-23(25(27,28)29)33(32-31-22)21-11-7-6-10-19(21)26/h3-14,16H,1-2H3,(H,30,34). The number of amides is 1. The van der Waals surface area contributed by atoms with Gasteiger partial charge in [0.2, 0.25) is 0 Å². The fraction of sp³-hybridized carbons (Fsp3) is 0.160. The van der Waals surface area contributed by atoms with E-state index in [4.69, 9.17) is 4.74 Å². The summed E-state index contributed by atoms with van der Waals surface area (Å²) in [4.78, 5) is 12.8. The molecule has 10 heteroatoms. The molecule has 0 bridgehead atoms. The summed E-state index contributed by atoms with van der Waals surface area (Å²) in [6, 6.07) is 19.1. The van der Waals surface area contributed by atoms with E-state index < -0.39 is 35.0 Å². The van der Waals surface area contributed by atoms with Crippen molar-refractivity contribution in [3.8, 4) is 11.4 Å². The second kappa shape index (κ2) is 9.57. The van der Waals surface area contributed by atoms with E-state index in [1.54, 1.807) is 19.1 Å². The lowest BCUT2D eigenvalue weighted by Gasteiger charge is -2.17. The molecule has 1 amide bonds. The Balaban J connectivity index is 1.58. The molecule has 0 aliphatic rings. The first-order chi connectivity index (χ1) is 16.6. The number of halogens is 4. The summed E-state index contributed by atoms with van der Waals surface area (Å²) < 4.78 is 61.8. The summed E-state index contributed by atoms with van der Waals surface area (Å²) >= 11 is 0. The summed E-state index contributed by atoms with van der Waals surface area (Å²) in [7, 11) is 0. The van der Waals surface area contributed by atoms with Crippen LogP contribution in [0.3, 0.4) is 0 Å². The molecule has 1 N–H and O–H groups in total. The van der Waals surface area contributed by atoms with Gasteiger partial charge in [-0.2, -0.15) is 13.2 Å². The molecule has 4 aromatic rings. The SMILES string of the molecule is Cc1cc(OC(C)c2ccccc2)ccc1NC(=O)c1nnn(-c2ccccc2F)c1C(F)(F)F. The van der Waals surface area contributed by atoms with E-state index in [9.17, 15) is 22.4 Å². The van der Waals surface area contributed by atoms with Crippen molar-refractivity contribution < 1.29 is 27.1 Å². The topological polar surface area (TPSA) is 69.0 Å². The van der Waals surface area contributed by atoms with Crippen LogP contribution in [0.25, 0.3) is 5.69 Å². The highest BCUT2D eigenvalue weighted by atomic mass is 19.4. The molecule has 0 saturated heterocycles. The lowest BCUT2D eigenvalue weighted by molar-refractivity contribution is -0.143. The number of anilines is 1. The fourth-order valence-electron chi connectivity index (χ4n) is 3.51. The Morgan fingerprint density at radius 1 is 1.03 bits per heavy atom. The number of alkyl halides is 3. The Bertz CT molecular complexity index is 1350. The van der Waals surface area contributed by atoms with Crippen LogP contribution >= 0.6 is 0 Å². The summed E-state index contributed by atoms with van der Waals surface area (Å²) in [5.41, 5.74) is -1.13. The number of hydrogen-bond acceptors (Lipinski definition) is 4. The second-order valence-corrected chi connectivity index (χ2v) is 7.75. The average Bonchev–Trinajstić information content (AvgIpc) is 3.27. The minimum Gasteiger partial charge on any atom is -0.486 e. The normalized spacial score (nSPS) is 12.3. The van der Waals surface area contributed by atoms with Crippen molar-refractivity contribution in [2.75, 3.05) is 5.32 Å². The largest absolute Gasteiger partial charge is 0.486 e. The predicted molar refractivity (Wildman–Crippen MR) is 121 cm³/mol. The zero-order valence-electron chi connectivity index (χ0n) is 18.7. The first-order valence-electron chi connectivity index (χ1n) is 10.6. The monoisotopic (exact) mass is 484 g/mol. The van der Waals surface area contributed by atoms with E-state index >= 15 is 0 Å². The Hall–Kier alpha value is -4.21. The zero-order chi connectivity index (χ0) is 25.2. The van der Waals surface area contributed by atoms with E-state index in [1.165, 1.54) is 18.2 Å². The van der Waals surface area contributed by atoms with Crippen molar-refractivity contribution in [1.82, 2.24) is 15.0 Å². The molecule has 0 radical (unpaired) electrons. The van der Waals surface area contributed by atoms with E-state index in [1.807, 2.05) is 37.3 Å². The molecule has 0 spiro atoms. The molecule has 3 aromatic carbocycles. The van der Waals surface area contributed by atoms with Crippen molar-refractivity contribution in [3.63, 3.8) is 0 Å². The first-order valence-corrected chi connectivity index (χ1v) is 10.6. The number of benzene rings is 3. The number of aryl methyl sites for hydroxylation is 1. The number of nitrogens with zero attached hydrogens (tertiary/aromatic N) is 3. The molecule has 1 atom stereocenters. The average molecular weight is 484 g/mol. The van der Waals surface area contributed by atoms with Crippen molar-refractivity contribution in [1.29, 1.82) is 0 Å². The molecule has 0 fully saturated rings. The summed E-state index contributed by atoms with van der Waals surface area (Å²) in [6.07, 6.45) is -5.25. The van der Waals surface area contributed by atoms with Crippen molar-refractivity contribution in [2.24, 2.45) is 0 Å². The molecule has 180 valence electrons. The number of carbonyl (C=O) groups excluding carboxylic acids is 1. The van der Waals surface area contributed by atoms with Crippen LogP contribution in [0.5, 0.6) is 5.75 Å². The highest BCUT2D eigenvalue weighted by Crippen LogP contribution is 2.34. The van der Waals surface area contributed by atoms with E-state index in [0.29, 0.717) is 11.3 Å². The van der Waals surface area contributed by atoms with Gasteiger partial charge in [-0.3, -0.25) is 4.79 Å². The number of hydrogen-bond donors (Lipinski definition) is 1. The van der Waals surface area contributed by atoms with Crippen molar-refractivity contribution in [3.05, 3.63) is 101 Å². The molecule has 0 aliphatic heterocycles. The molecule has 6 nitrogen and oxygen atoms in total. The lowest BCUT2D eigenvalue weighted by Crippen LogP contribution is -2.21. The number of aromatic nitrogens is 3. The van der Waals surface area contributed by atoms with Gasteiger partial charge >= 0.3 is 6.18 Å². The third kappa shape index (κ3) is 5.16. The molecule has 1 heterocycles. The van der Waals surface area contributed by atoms with Crippen LogP contribution in [0, 0.1) is 12.7 Å².